The average molecular weight is 945 g/mol. The third-order valence-electron chi connectivity index (χ3n) is 24.8. The van der Waals surface area contributed by atoms with E-state index in [2.05, 4.69) is 75.3 Å². The first-order valence-corrected chi connectivity index (χ1v) is 26.7. The molecule has 1 heterocycles. The van der Waals surface area contributed by atoms with Crippen molar-refractivity contribution in [3.63, 3.8) is 0 Å². The largest absolute Gasteiger partial charge is 0.471 e. The van der Waals surface area contributed by atoms with Crippen LogP contribution in [0, 0.1) is 73.4 Å². The second kappa shape index (κ2) is 13.9. The molecule has 15 unspecified atom stereocenters. The van der Waals surface area contributed by atoms with Crippen molar-refractivity contribution in [2.24, 2.45) is 66.5 Å². The Labute approximate surface area is 411 Å². The number of benzene rings is 1. The molecule has 374 valence electrons. The predicted octanol–water partition coefficient (Wildman–Crippen LogP) is 12.2. The van der Waals surface area contributed by atoms with Crippen molar-refractivity contribution in [2.75, 3.05) is 14.2 Å². The molecule has 6 saturated carbocycles. The highest BCUT2D eigenvalue weighted by molar-refractivity contribution is 6.10. The zero-order valence-electron chi connectivity index (χ0n) is 44.4. The standard InChI is InChI=1S/C60H80O9/c1-34-45-37(54(7)24-28-58(11)43-33-52(5,48(64)67-14)20-18-50(43,3)22-26-56(58,9)41(54)31-38(45)61)29-39-46(34)69-60(65)44(62)30-36-35(59(60,12)68-39)15-16-40-53(36,6)23-27-57(10)42-32-51(4,47(63)66-13)19-17-49(42,2)21-25-55(40,57)8/h15,29-31,40,42-43,65H,16-28,32-33H2,1-14H3. The van der Waals surface area contributed by atoms with Crippen molar-refractivity contribution in [2.45, 2.75) is 196 Å². The van der Waals surface area contributed by atoms with E-state index in [4.69, 9.17) is 18.9 Å². The Kier molecular flexibility index (Phi) is 9.56. The fourth-order valence-electron chi connectivity index (χ4n) is 19.5. The smallest absolute Gasteiger partial charge is 0.317 e. The minimum atomic E-state index is -2.35. The van der Waals surface area contributed by atoms with E-state index in [1.54, 1.807) is 6.08 Å². The van der Waals surface area contributed by atoms with Crippen LogP contribution in [0.15, 0.2) is 41.0 Å². The van der Waals surface area contributed by atoms with Crippen LogP contribution in [0.3, 0.4) is 0 Å². The van der Waals surface area contributed by atoms with E-state index in [1.165, 1.54) is 19.8 Å². The number of fused-ring (bicyclic) bond motifs is 17. The third-order valence-corrected chi connectivity index (χ3v) is 24.8. The van der Waals surface area contributed by atoms with Crippen LogP contribution in [-0.2, 0) is 29.3 Å². The summed E-state index contributed by atoms with van der Waals surface area (Å²) in [6.07, 6.45) is 19.6. The Bertz CT molecular complexity index is 2660. The van der Waals surface area contributed by atoms with Crippen molar-refractivity contribution < 1.29 is 43.2 Å². The quantitative estimate of drug-likeness (QED) is 0.288. The van der Waals surface area contributed by atoms with E-state index >= 15 is 0 Å². The summed E-state index contributed by atoms with van der Waals surface area (Å²) in [5, 5.41) is 12.8. The number of carbonyl (C=O) groups excluding carboxylic acids is 4. The molecule has 0 spiro atoms. The average Bonchev–Trinajstić information content (AvgIpc) is 3.30. The highest BCUT2D eigenvalue weighted by atomic mass is 16.7. The van der Waals surface area contributed by atoms with Gasteiger partial charge in [-0.1, -0.05) is 61.5 Å². The summed E-state index contributed by atoms with van der Waals surface area (Å²) in [5.74, 6) is -1.66. The first-order valence-electron chi connectivity index (χ1n) is 26.7. The zero-order valence-corrected chi connectivity index (χ0v) is 44.4. The number of aliphatic hydroxyl groups is 1. The summed E-state index contributed by atoms with van der Waals surface area (Å²) >= 11 is 0. The second-order valence-corrected chi connectivity index (χ2v) is 27.6. The van der Waals surface area contributed by atoms with Crippen LogP contribution in [-0.4, -0.2) is 54.2 Å². The number of ether oxygens (including phenoxy) is 4. The predicted molar refractivity (Wildman–Crippen MR) is 263 cm³/mol. The summed E-state index contributed by atoms with van der Waals surface area (Å²) < 4.78 is 24.8. The van der Waals surface area contributed by atoms with E-state index in [0.717, 1.165) is 113 Å². The minimum Gasteiger partial charge on any atom is -0.471 e. The van der Waals surface area contributed by atoms with Gasteiger partial charge in [-0.2, -0.15) is 0 Å². The topological polar surface area (TPSA) is 125 Å². The highest BCUT2D eigenvalue weighted by Crippen LogP contribution is 2.78. The molecule has 1 N–H and O–H groups in total. The fraction of sp³-hybridized carbons (Fsp3) is 0.733. The number of allylic oxidation sites excluding steroid dienone is 3. The van der Waals surface area contributed by atoms with E-state index in [1.807, 2.05) is 26.0 Å². The number of carbonyl (C=O) groups is 4. The summed E-state index contributed by atoms with van der Waals surface area (Å²) in [5.41, 5.74) is 1.14. The number of hydrogen-bond acceptors (Lipinski definition) is 9. The summed E-state index contributed by atoms with van der Waals surface area (Å²) in [4.78, 5) is 56.4. The van der Waals surface area contributed by atoms with Gasteiger partial charge < -0.3 is 24.1 Å². The molecule has 15 atom stereocenters. The molecule has 0 bridgehead atoms. The SMILES string of the molecule is COC(=O)C1(C)CCC2(C)CCC3(C)C4=CC(=O)c5c(cc6c(c5C)OC5(O)C(=O)C=C7C(=CCC8C7(C)CCC7(C)C9CC(C)(C(=O)OC)CCC9(C)CCC87C)C5(C)O6)C4(C)CCC3(C)C2C1. The number of rotatable bonds is 2. The lowest BCUT2D eigenvalue weighted by Gasteiger charge is -2.72. The third kappa shape index (κ3) is 5.43. The maximum absolute atomic E-state index is 14.9. The lowest BCUT2D eigenvalue weighted by atomic mass is 9.32. The highest BCUT2D eigenvalue weighted by Gasteiger charge is 2.73. The maximum Gasteiger partial charge on any atom is 0.317 e. The molecule has 69 heavy (non-hydrogen) atoms. The Morgan fingerprint density at radius 3 is 1.78 bits per heavy atom. The lowest BCUT2D eigenvalue weighted by Crippen LogP contribution is -2.71. The lowest BCUT2D eigenvalue weighted by molar-refractivity contribution is -0.236. The molecule has 1 aromatic carbocycles. The molecule has 0 amide bonds. The molecule has 9 nitrogen and oxygen atoms in total. The van der Waals surface area contributed by atoms with Crippen LogP contribution in [0.1, 0.15) is 194 Å². The molecule has 0 saturated heterocycles. The molecular weight excluding hydrogens is 865 g/mol. The molecule has 1 aliphatic heterocycles. The minimum absolute atomic E-state index is 0.0408. The molecule has 6 fully saturated rings. The second-order valence-electron chi connectivity index (χ2n) is 27.6. The molecule has 0 radical (unpaired) electrons. The first kappa shape index (κ1) is 47.6. The summed E-state index contributed by atoms with van der Waals surface area (Å²) in [7, 11) is 3.03. The molecular formula is C60H80O9. The van der Waals surface area contributed by atoms with E-state index in [0.29, 0.717) is 22.8 Å². The summed E-state index contributed by atoms with van der Waals surface area (Å²) in [6, 6.07) is 2.02. The van der Waals surface area contributed by atoms with Gasteiger partial charge in [-0.15, -0.1) is 0 Å². The van der Waals surface area contributed by atoms with Crippen molar-refractivity contribution in [3.8, 4) is 11.5 Å². The normalized spacial score (nSPS) is 50.0. The molecule has 0 aromatic heterocycles. The van der Waals surface area contributed by atoms with Gasteiger partial charge in [0.25, 0.3) is 0 Å². The van der Waals surface area contributed by atoms with Gasteiger partial charge in [0, 0.05) is 22.1 Å². The molecule has 10 aliphatic rings. The van der Waals surface area contributed by atoms with Crippen LogP contribution in [0.5, 0.6) is 11.5 Å². The Morgan fingerprint density at radius 1 is 0.638 bits per heavy atom. The van der Waals surface area contributed by atoms with E-state index < -0.39 is 33.4 Å². The van der Waals surface area contributed by atoms with Crippen LogP contribution < -0.4 is 9.47 Å². The first-order chi connectivity index (χ1) is 32.0. The van der Waals surface area contributed by atoms with Gasteiger partial charge in [-0.05, 0) is 215 Å². The van der Waals surface area contributed by atoms with E-state index in [9.17, 15) is 24.3 Å². The van der Waals surface area contributed by atoms with Crippen molar-refractivity contribution in [1.82, 2.24) is 0 Å². The number of methoxy groups -OCH3 is 2. The molecule has 9 aliphatic carbocycles. The van der Waals surface area contributed by atoms with E-state index in [-0.39, 0.29) is 73.2 Å². The van der Waals surface area contributed by atoms with Gasteiger partial charge in [-0.25, -0.2) is 0 Å². The molecule has 11 rings (SSSR count). The number of hydrogen-bond donors (Lipinski definition) is 1. The van der Waals surface area contributed by atoms with Crippen LogP contribution in [0.4, 0.5) is 0 Å². The Morgan fingerprint density at radius 2 is 1.17 bits per heavy atom. The van der Waals surface area contributed by atoms with Crippen molar-refractivity contribution in [3.05, 3.63) is 57.7 Å². The van der Waals surface area contributed by atoms with Gasteiger partial charge in [-0.3, -0.25) is 19.2 Å². The van der Waals surface area contributed by atoms with Gasteiger partial charge in [0.05, 0.1) is 25.0 Å². The Balaban J connectivity index is 0.959. The van der Waals surface area contributed by atoms with Crippen LogP contribution >= 0.6 is 0 Å². The maximum atomic E-state index is 14.9. The number of esters is 2. The Hall–Kier alpha value is -3.72. The zero-order chi connectivity index (χ0) is 49.9. The van der Waals surface area contributed by atoms with Crippen molar-refractivity contribution >= 4 is 23.5 Å². The monoisotopic (exact) mass is 945 g/mol. The van der Waals surface area contributed by atoms with Gasteiger partial charge in [0.2, 0.25) is 11.4 Å². The van der Waals surface area contributed by atoms with Gasteiger partial charge >= 0.3 is 17.7 Å². The molecule has 9 heteroatoms. The van der Waals surface area contributed by atoms with Crippen molar-refractivity contribution in [1.29, 1.82) is 0 Å². The number of ketones is 2. The van der Waals surface area contributed by atoms with Crippen LogP contribution in [0.25, 0.3) is 0 Å². The van der Waals surface area contributed by atoms with Crippen LogP contribution in [0.2, 0.25) is 0 Å². The van der Waals surface area contributed by atoms with Gasteiger partial charge in [0.1, 0.15) is 0 Å². The molecule has 1 aromatic rings. The summed E-state index contributed by atoms with van der Waals surface area (Å²) in [6.45, 7) is 27.3. The fourth-order valence-corrected chi connectivity index (χ4v) is 19.5. The van der Waals surface area contributed by atoms with Gasteiger partial charge in [0.15, 0.2) is 17.3 Å².